The summed E-state index contributed by atoms with van der Waals surface area (Å²) in [7, 11) is 0. The highest BCUT2D eigenvalue weighted by Crippen LogP contribution is 2.25. The Morgan fingerprint density at radius 3 is 2.50 bits per heavy atom. The normalized spacial score (nSPS) is 16.6. The number of amides is 2. The topological polar surface area (TPSA) is 76.5 Å². The van der Waals surface area contributed by atoms with Crippen LogP contribution in [0.2, 0.25) is 0 Å². The number of nitrogens with zero attached hydrogens (tertiary/aromatic N) is 3. The summed E-state index contributed by atoms with van der Waals surface area (Å²) >= 11 is 0. The van der Waals surface area contributed by atoms with Gasteiger partial charge in [0, 0.05) is 25.3 Å². The molecule has 2 aliphatic heterocycles. The minimum Gasteiger partial charge on any atom is -0.378 e. The fourth-order valence-electron chi connectivity index (χ4n) is 3.98. The summed E-state index contributed by atoms with van der Waals surface area (Å²) in [6.07, 6.45) is 2.76. The van der Waals surface area contributed by atoms with Gasteiger partial charge in [0.05, 0.1) is 18.9 Å². The maximum Gasteiger partial charge on any atom is 0.291 e. The average molecular weight is 382 g/mol. The van der Waals surface area contributed by atoms with Crippen molar-refractivity contribution in [2.45, 2.75) is 39.7 Å². The number of nitrogens with one attached hydrogen (secondary N) is 1. The van der Waals surface area contributed by atoms with Gasteiger partial charge in [0.25, 0.3) is 11.8 Å². The Balaban J connectivity index is 1.66. The van der Waals surface area contributed by atoms with Gasteiger partial charge in [-0.1, -0.05) is 18.2 Å². The zero-order valence-corrected chi connectivity index (χ0v) is 16.5. The number of anilines is 1. The molecule has 7 heteroatoms. The second-order valence-corrected chi connectivity index (χ2v) is 7.46. The first-order chi connectivity index (χ1) is 13.6. The third-order valence-corrected chi connectivity index (χ3v) is 5.54. The maximum absolute atomic E-state index is 13.1. The molecule has 1 aromatic carbocycles. The molecule has 0 bridgehead atoms. The van der Waals surface area contributed by atoms with Crippen LogP contribution in [0.15, 0.2) is 18.2 Å². The van der Waals surface area contributed by atoms with E-state index in [4.69, 9.17) is 4.74 Å². The molecule has 4 rings (SSSR count). The summed E-state index contributed by atoms with van der Waals surface area (Å²) in [6, 6.07) is 5.91. The third-order valence-electron chi connectivity index (χ3n) is 5.54. The lowest BCUT2D eigenvalue weighted by Crippen LogP contribution is -2.41. The standard InChI is InChI=1S/C21H26N4O3/c1-14-6-5-7-15(2)17(14)23-20(26)19-22-18(16-8-3-4-9-25(16)19)21(27)24-10-12-28-13-11-24/h5-7H,3-4,8-13H2,1-2H3,(H,23,26). The Hall–Kier alpha value is -2.67. The molecule has 148 valence electrons. The molecule has 2 aliphatic rings. The van der Waals surface area contributed by atoms with E-state index in [1.165, 1.54) is 0 Å². The van der Waals surface area contributed by atoms with Crippen molar-refractivity contribution in [1.82, 2.24) is 14.5 Å². The van der Waals surface area contributed by atoms with Crippen LogP contribution in [0.5, 0.6) is 0 Å². The number of carbonyl (C=O) groups excluding carboxylic acids is 2. The number of rotatable bonds is 3. The van der Waals surface area contributed by atoms with E-state index in [9.17, 15) is 9.59 Å². The Bertz CT molecular complexity index is 892. The zero-order valence-electron chi connectivity index (χ0n) is 16.5. The summed E-state index contributed by atoms with van der Waals surface area (Å²) in [4.78, 5) is 32.4. The second-order valence-electron chi connectivity index (χ2n) is 7.46. The Labute approximate surface area is 164 Å². The fourth-order valence-corrected chi connectivity index (χ4v) is 3.98. The molecular weight excluding hydrogens is 356 g/mol. The van der Waals surface area contributed by atoms with Gasteiger partial charge in [0.15, 0.2) is 5.82 Å². The van der Waals surface area contributed by atoms with E-state index >= 15 is 0 Å². The Kier molecular flexibility index (Phi) is 5.17. The second kappa shape index (κ2) is 7.75. The van der Waals surface area contributed by atoms with E-state index < -0.39 is 0 Å². The van der Waals surface area contributed by atoms with Crippen LogP contribution in [0, 0.1) is 13.8 Å². The predicted molar refractivity (Wildman–Crippen MR) is 106 cm³/mol. The molecule has 1 aromatic heterocycles. The first-order valence-electron chi connectivity index (χ1n) is 9.90. The molecule has 0 saturated carbocycles. The van der Waals surface area contributed by atoms with E-state index in [1.807, 2.05) is 36.6 Å². The number of benzene rings is 1. The van der Waals surface area contributed by atoms with Crippen molar-refractivity contribution in [2.24, 2.45) is 0 Å². The summed E-state index contributed by atoms with van der Waals surface area (Å²) in [5, 5.41) is 3.01. The average Bonchev–Trinajstić information content (AvgIpc) is 3.11. The van der Waals surface area contributed by atoms with Gasteiger partial charge in [-0.25, -0.2) is 4.98 Å². The molecule has 0 radical (unpaired) electrons. The van der Waals surface area contributed by atoms with Gasteiger partial charge in [0.2, 0.25) is 0 Å². The molecule has 0 unspecified atom stereocenters. The predicted octanol–water partition coefficient (Wildman–Crippen LogP) is 2.56. The molecule has 7 nitrogen and oxygen atoms in total. The molecule has 1 N–H and O–H groups in total. The van der Waals surface area contributed by atoms with Crippen molar-refractivity contribution in [3.63, 3.8) is 0 Å². The van der Waals surface area contributed by atoms with Crippen molar-refractivity contribution in [2.75, 3.05) is 31.6 Å². The highest BCUT2D eigenvalue weighted by Gasteiger charge is 2.30. The smallest absolute Gasteiger partial charge is 0.291 e. The molecule has 1 fully saturated rings. The van der Waals surface area contributed by atoms with Gasteiger partial charge in [-0.2, -0.15) is 0 Å². The molecule has 28 heavy (non-hydrogen) atoms. The van der Waals surface area contributed by atoms with E-state index in [0.717, 1.165) is 41.8 Å². The quantitative estimate of drug-likeness (QED) is 0.885. The van der Waals surface area contributed by atoms with Crippen LogP contribution in [0.3, 0.4) is 0 Å². The lowest BCUT2D eigenvalue weighted by molar-refractivity contribution is 0.0298. The van der Waals surface area contributed by atoms with E-state index in [0.29, 0.717) is 44.4 Å². The van der Waals surface area contributed by atoms with E-state index in [1.54, 1.807) is 4.90 Å². The largest absolute Gasteiger partial charge is 0.378 e. The first-order valence-corrected chi connectivity index (χ1v) is 9.90. The summed E-state index contributed by atoms with van der Waals surface area (Å²) < 4.78 is 7.28. The van der Waals surface area contributed by atoms with Gasteiger partial charge in [-0.3, -0.25) is 9.59 Å². The first kappa shape index (κ1) is 18.7. The minimum atomic E-state index is -0.262. The van der Waals surface area contributed by atoms with Crippen LogP contribution in [-0.2, 0) is 17.7 Å². The van der Waals surface area contributed by atoms with Crippen LogP contribution in [0.4, 0.5) is 5.69 Å². The maximum atomic E-state index is 13.1. The molecule has 1 saturated heterocycles. The van der Waals surface area contributed by atoms with Gasteiger partial charge >= 0.3 is 0 Å². The number of hydrogen-bond donors (Lipinski definition) is 1. The zero-order chi connectivity index (χ0) is 19.7. The van der Waals surface area contributed by atoms with Crippen LogP contribution in [-0.4, -0.2) is 52.6 Å². The lowest BCUT2D eigenvalue weighted by atomic mass is 10.1. The van der Waals surface area contributed by atoms with Crippen molar-refractivity contribution in [3.8, 4) is 0 Å². The molecule has 2 aromatic rings. The number of carbonyl (C=O) groups is 2. The Morgan fingerprint density at radius 1 is 1.07 bits per heavy atom. The molecular formula is C21H26N4O3. The SMILES string of the molecule is Cc1cccc(C)c1NC(=O)c1nc(C(=O)N2CCOCC2)c2n1CCCC2. The fraction of sp³-hybridized carbons (Fsp3) is 0.476. The summed E-state index contributed by atoms with van der Waals surface area (Å²) in [5.41, 5.74) is 4.12. The monoisotopic (exact) mass is 382 g/mol. The van der Waals surface area contributed by atoms with Crippen molar-refractivity contribution < 1.29 is 14.3 Å². The van der Waals surface area contributed by atoms with Gasteiger partial charge in [-0.05, 0) is 44.2 Å². The van der Waals surface area contributed by atoms with Crippen LogP contribution in [0.25, 0.3) is 0 Å². The molecule has 0 aliphatic carbocycles. The van der Waals surface area contributed by atoms with Crippen LogP contribution < -0.4 is 5.32 Å². The third kappa shape index (κ3) is 3.42. The van der Waals surface area contributed by atoms with Crippen molar-refractivity contribution in [1.29, 1.82) is 0 Å². The van der Waals surface area contributed by atoms with Crippen molar-refractivity contribution >= 4 is 17.5 Å². The highest BCUT2D eigenvalue weighted by molar-refractivity contribution is 6.04. The molecule has 0 atom stereocenters. The highest BCUT2D eigenvalue weighted by atomic mass is 16.5. The summed E-state index contributed by atoms with van der Waals surface area (Å²) in [6.45, 7) is 6.87. The van der Waals surface area contributed by atoms with Crippen LogP contribution >= 0.6 is 0 Å². The lowest BCUT2D eigenvalue weighted by Gasteiger charge is -2.26. The number of aryl methyl sites for hydroxylation is 2. The van der Waals surface area contributed by atoms with Crippen molar-refractivity contribution in [3.05, 3.63) is 46.5 Å². The van der Waals surface area contributed by atoms with Gasteiger partial charge < -0.3 is 19.5 Å². The number of ether oxygens (including phenoxy) is 1. The van der Waals surface area contributed by atoms with Gasteiger partial charge in [-0.15, -0.1) is 0 Å². The number of morpholine rings is 1. The Morgan fingerprint density at radius 2 is 1.79 bits per heavy atom. The minimum absolute atomic E-state index is 0.0972. The van der Waals surface area contributed by atoms with E-state index in [2.05, 4.69) is 10.3 Å². The number of para-hydroxylation sites is 1. The van der Waals surface area contributed by atoms with E-state index in [-0.39, 0.29) is 11.8 Å². The molecule has 3 heterocycles. The van der Waals surface area contributed by atoms with Crippen LogP contribution in [0.1, 0.15) is 50.8 Å². The number of hydrogen-bond acceptors (Lipinski definition) is 4. The number of fused-ring (bicyclic) bond motifs is 1. The van der Waals surface area contributed by atoms with Gasteiger partial charge in [0.1, 0.15) is 5.69 Å². The molecule has 2 amide bonds. The molecule has 0 spiro atoms. The summed E-state index contributed by atoms with van der Waals surface area (Å²) in [5.74, 6) is -0.0318. The number of imidazole rings is 1. The number of aromatic nitrogens is 2.